The maximum atomic E-state index is 12.6. The van der Waals surface area contributed by atoms with E-state index in [1.54, 1.807) is 36.5 Å². The molecule has 0 radical (unpaired) electrons. The summed E-state index contributed by atoms with van der Waals surface area (Å²) in [4.78, 5) is 43.0. The molecule has 2 unspecified atom stereocenters. The predicted molar refractivity (Wildman–Crippen MR) is 101 cm³/mol. The van der Waals surface area contributed by atoms with E-state index in [0.717, 1.165) is 5.56 Å². The summed E-state index contributed by atoms with van der Waals surface area (Å²) in [6.45, 7) is 1.92. The number of hydrogen-bond acceptors (Lipinski definition) is 4. The second-order valence-electron chi connectivity index (χ2n) is 6.89. The number of amides is 3. The van der Waals surface area contributed by atoms with Crippen LogP contribution in [0.1, 0.15) is 28.8 Å². The molecule has 1 aromatic heterocycles. The van der Waals surface area contributed by atoms with Crippen molar-refractivity contribution in [3.8, 4) is 0 Å². The van der Waals surface area contributed by atoms with Gasteiger partial charge >= 0.3 is 0 Å². The largest absolute Gasteiger partial charge is 0.307 e. The average Bonchev–Trinajstić information content (AvgIpc) is 2.93. The highest BCUT2D eigenvalue weighted by Gasteiger charge is 2.47. The minimum Gasteiger partial charge on any atom is -0.307 e. The summed E-state index contributed by atoms with van der Waals surface area (Å²) in [5.41, 5.74) is 1.93. The number of anilines is 2. The van der Waals surface area contributed by atoms with Crippen LogP contribution >= 0.6 is 0 Å². The zero-order valence-electron chi connectivity index (χ0n) is 14.9. The lowest BCUT2D eigenvalue weighted by atomic mass is 9.85. The summed E-state index contributed by atoms with van der Waals surface area (Å²) in [5, 5.41) is 2.74. The average molecular weight is 361 g/mol. The molecular formula is C21H19N3O3. The molecule has 4 rings (SSSR count). The van der Waals surface area contributed by atoms with Crippen LogP contribution in [0.15, 0.2) is 54.7 Å². The van der Waals surface area contributed by atoms with Crippen molar-refractivity contribution in [2.75, 3.05) is 10.2 Å². The van der Waals surface area contributed by atoms with Gasteiger partial charge in [0.25, 0.3) is 5.91 Å². The minimum absolute atomic E-state index is 0.157. The monoisotopic (exact) mass is 361 g/mol. The molecule has 1 aliphatic heterocycles. The number of carbonyl (C=O) groups is 3. The fourth-order valence-electron chi connectivity index (χ4n) is 3.61. The Bertz CT molecular complexity index is 923. The Hall–Kier alpha value is -3.28. The molecule has 0 spiro atoms. The summed E-state index contributed by atoms with van der Waals surface area (Å²) < 4.78 is 0. The van der Waals surface area contributed by atoms with Gasteiger partial charge in [-0.25, -0.2) is 4.98 Å². The standard InChI is InChI=1S/C21H19N3O3/c1-13-10-11-22-18(12-13)23-19(25)14-6-8-15(9-7-14)24-20(26)16-4-2-3-5-17(16)21(24)27/h2-3,6-12,16-17H,4-5H2,1H3,(H,22,23,25). The van der Waals surface area contributed by atoms with E-state index in [1.807, 2.05) is 25.1 Å². The lowest BCUT2D eigenvalue weighted by Gasteiger charge is -2.15. The molecule has 1 saturated heterocycles. The van der Waals surface area contributed by atoms with Gasteiger partial charge in [0.1, 0.15) is 5.82 Å². The third-order valence-corrected chi connectivity index (χ3v) is 5.05. The number of allylic oxidation sites excluding steroid dienone is 2. The number of rotatable bonds is 3. The molecule has 1 fully saturated rings. The normalized spacial score (nSPS) is 21.3. The molecule has 1 N–H and O–H groups in total. The Labute approximate surface area is 156 Å². The van der Waals surface area contributed by atoms with Crippen molar-refractivity contribution in [2.45, 2.75) is 19.8 Å². The van der Waals surface area contributed by atoms with Crippen LogP contribution in [0.3, 0.4) is 0 Å². The second kappa shape index (κ2) is 6.79. The molecule has 136 valence electrons. The number of hydrogen-bond donors (Lipinski definition) is 1. The van der Waals surface area contributed by atoms with Gasteiger partial charge in [0.05, 0.1) is 17.5 Å². The predicted octanol–water partition coefficient (Wildman–Crippen LogP) is 3.10. The molecule has 3 amide bonds. The fourth-order valence-corrected chi connectivity index (χ4v) is 3.61. The van der Waals surface area contributed by atoms with E-state index in [4.69, 9.17) is 0 Å². The minimum atomic E-state index is -0.295. The van der Waals surface area contributed by atoms with Crippen molar-refractivity contribution >= 4 is 29.2 Å². The molecule has 6 heteroatoms. The fraction of sp³-hybridized carbons (Fsp3) is 0.238. The molecule has 2 aromatic rings. The van der Waals surface area contributed by atoms with Crippen molar-refractivity contribution in [1.82, 2.24) is 4.98 Å². The van der Waals surface area contributed by atoms with E-state index in [-0.39, 0.29) is 29.6 Å². The SMILES string of the molecule is Cc1ccnc(NC(=O)c2ccc(N3C(=O)C4CC=CCC4C3=O)cc2)c1. The van der Waals surface area contributed by atoms with E-state index in [0.29, 0.717) is 29.9 Å². The van der Waals surface area contributed by atoms with Gasteiger partial charge in [-0.05, 0) is 61.7 Å². The van der Waals surface area contributed by atoms with Crippen LogP contribution in [-0.4, -0.2) is 22.7 Å². The van der Waals surface area contributed by atoms with Crippen LogP contribution in [0.5, 0.6) is 0 Å². The highest BCUT2D eigenvalue weighted by atomic mass is 16.2. The Morgan fingerprint density at radius 2 is 1.67 bits per heavy atom. The van der Waals surface area contributed by atoms with Gasteiger partial charge in [-0.1, -0.05) is 12.2 Å². The van der Waals surface area contributed by atoms with Crippen LogP contribution in [0.25, 0.3) is 0 Å². The van der Waals surface area contributed by atoms with Gasteiger partial charge in [-0.2, -0.15) is 0 Å². The number of aromatic nitrogens is 1. The van der Waals surface area contributed by atoms with Crippen LogP contribution < -0.4 is 10.2 Å². The van der Waals surface area contributed by atoms with Crippen molar-refractivity contribution in [3.05, 3.63) is 65.9 Å². The molecule has 2 aliphatic rings. The van der Waals surface area contributed by atoms with Crippen LogP contribution in [0.4, 0.5) is 11.5 Å². The zero-order valence-corrected chi connectivity index (χ0v) is 14.9. The Morgan fingerprint density at radius 3 is 2.26 bits per heavy atom. The van der Waals surface area contributed by atoms with E-state index >= 15 is 0 Å². The first-order valence-electron chi connectivity index (χ1n) is 8.91. The highest BCUT2D eigenvalue weighted by Crippen LogP contribution is 2.37. The highest BCUT2D eigenvalue weighted by molar-refractivity contribution is 6.22. The molecular weight excluding hydrogens is 342 g/mol. The van der Waals surface area contributed by atoms with Crippen LogP contribution in [-0.2, 0) is 9.59 Å². The third kappa shape index (κ3) is 3.14. The number of nitrogens with zero attached hydrogens (tertiary/aromatic N) is 2. The van der Waals surface area contributed by atoms with Crippen molar-refractivity contribution in [2.24, 2.45) is 11.8 Å². The smallest absolute Gasteiger partial charge is 0.256 e. The summed E-state index contributed by atoms with van der Waals surface area (Å²) in [7, 11) is 0. The summed E-state index contributed by atoms with van der Waals surface area (Å²) in [5.74, 6) is -0.663. The van der Waals surface area contributed by atoms with Gasteiger partial charge in [-0.15, -0.1) is 0 Å². The van der Waals surface area contributed by atoms with Crippen LogP contribution in [0, 0.1) is 18.8 Å². The molecule has 2 atom stereocenters. The Morgan fingerprint density at radius 1 is 1.04 bits per heavy atom. The lowest BCUT2D eigenvalue weighted by molar-refractivity contribution is -0.122. The first kappa shape index (κ1) is 17.1. The van der Waals surface area contributed by atoms with E-state index < -0.39 is 0 Å². The third-order valence-electron chi connectivity index (χ3n) is 5.05. The quantitative estimate of drug-likeness (QED) is 0.673. The van der Waals surface area contributed by atoms with Crippen molar-refractivity contribution in [1.29, 1.82) is 0 Å². The molecule has 6 nitrogen and oxygen atoms in total. The second-order valence-corrected chi connectivity index (χ2v) is 6.89. The number of benzene rings is 1. The maximum Gasteiger partial charge on any atom is 0.256 e. The molecule has 1 aliphatic carbocycles. The number of pyridine rings is 1. The molecule has 1 aromatic carbocycles. The number of imide groups is 1. The lowest BCUT2D eigenvalue weighted by Crippen LogP contribution is -2.30. The molecule has 2 heterocycles. The maximum absolute atomic E-state index is 12.6. The van der Waals surface area contributed by atoms with Crippen molar-refractivity contribution in [3.63, 3.8) is 0 Å². The molecule has 27 heavy (non-hydrogen) atoms. The van der Waals surface area contributed by atoms with E-state index in [1.165, 1.54) is 4.90 Å². The zero-order chi connectivity index (χ0) is 19.0. The Kier molecular flexibility index (Phi) is 4.32. The first-order chi connectivity index (χ1) is 13.0. The summed E-state index contributed by atoms with van der Waals surface area (Å²) in [6, 6.07) is 10.1. The van der Waals surface area contributed by atoms with Gasteiger partial charge in [-0.3, -0.25) is 19.3 Å². The Balaban J connectivity index is 1.51. The summed E-state index contributed by atoms with van der Waals surface area (Å²) >= 11 is 0. The number of carbonyl (C=O) groups excluding carboxylic acids is 3. The van der Waals surface area contributed by atoms with E-state index in [9.17, 15) is 14.4 Å². The number of aryl methyl sites for hydroxylation is 1. The van der Waals surface area contributed by atoms with Gasteiger partial charge in [0.15, 0.2) is 0 Å². The molecule has 0 bridgehead atoms. The van der Waals surface area contributed by atoms with Gasteiger partial charge in [0, 0.05) is 11.8 Å². The topological polar surface area (TPSA) is 79.4 Å². The van der Waals surface area contributed by atoms with E-state index in [2.05, 4.69) is 10.3 Å². The first-order valence-corrected chi connectivity index (χ1v) is 8.91. The van der Waals surface area contributed by atoms with Crippen molar-refractivity contribution < 1.29 is 14.4 Å². The van der Waals surface area contributed by atoms with Gasteiger partial charge < -0.3 is 5.32 Å². The van der Waals surface area contributed by atoms with Crippen LogP contribution in [0.2, 0.25) is 0 Å². The number of nitrogens with one attached hydrogen (secondary N) is 1. The van der Waals surface area contributed by atoms with Gasteiger partial charge in [0.2, 0.25) is 11.8 Å². The summed E-state index contributed by atoms with van der Waals surface area (Å²) in [6.07, 6.45) is 6.77. The number of fused-ring (bicyclic) bond motifs is 1. The molecule has 0 saturated carbocycles.